The molecule has 0 amide bonds. The van der Waals surface area contributed by atoms with E-state index in [4.69, 9.17) is 41.2 Å². The lowest BCUT2D eigenvalue weighted by Crippen LogP contribution is -2.11. The zero-order valence-corrected chi connectivity index (χ0v) is 13.5. The third-order valence-corrected chi connectivity index (χ3v) is 4.13. The maximum Gasteiger partial charge on any atom is 0.106 e. The van der Waals surface area contributed by atoms with Crippen LogP contribution in [0.5, 0.6) is 0 Å². The lowest BCUT2D eigenvalue weighted by Gasteiger charge is -2.12. The normalized spacial score (nSPS) is 10.3. The van der Waals surface area contributed by atoms with Gasteiger partial charge in [-0.15, -0.1) is 0 Å². The number of hydrogen-bond acceptors (Lipinski definition) is 2. The van der Waals surface area contributed by atoms with Gasteiger partial charge in [-0.25, -0.2) is 0 Å². The van der Waals surface area contributed by atoms with Crippen molar-refractivity contribution >= 4 is 67.7 Å². The molecular formula is C13H9BrCl2N2S. The van der Waals surface area contributed by atoms with Crippen LogP contribution in [0.1, 0.15) is 5.56 Å². The molecule has 2 aromatic rings. The molecule has 0 aliphatic rings. The quantitative estimate of drug-likeness (QED) is 0.730. The van der Waals surface area contributed by atoms with E-state index in [2.05, 4.69) is 21.2 Å². The van der Waals surface area contributed by atoms with Crippen LogP contribution in [0.2, 0.25) is 10.0 Å². The summed E-state index contributed by atoms with van der Waals surface area (Å²) in [5.41, 5.74) is 8.01. The van der Waals surface area contributed by atoms with Crippen LogP contribution in [0.3, 0.4) is 0 Å². The van der Waals surface area contributed by atoms with E-state index in [0.29, 0.717) is 15.6 Å². The van der Waals surface area contributed by atoms with Gasteiger partial charge in [-0.1, -0.05) is 35.4 Å². The number of benzene rings is 2. The minimum Gasteiger partial charge on any atom is -0.389 e. The topological polar surface area (TPSA) is 38.0 Å². The van der Waals surface area contributed by atoms with E-state index in [9.17, 15) is 0 Å². The maximum atomic E-state index is 6.05. The van der Waals surface area contributed by atoms with Crippen molar-refractivity contribution in [3.05, 3.63) is 56.5 Å². The first kappa shape index (κ1) is 14.6. The van der Waals surface area contributed by atoms with Crippen LogP contribution in [-0.2, 0) is 0 Å². The number of hydrogen-bond donors (Lipinski definition) is 2. The van der Waals surface area contributed by atoms with Crippen LogP contribution in [0.4, 0.5) is 11.4 Å². The van der Waals surface area contributed by atoms with Gasteiger partial charge in [0.05, 0.1) is 5.02 Å². The number of nitrogens with two attached hydrogens (primary N) is 1. The summed E-state index contributed by atoms with van der Waals surface area (Å²) in [6, 6.07) is 10.9. The Labute approximate surface area is 135 Å². The van der Waals surface area contributed by atoms with Gasteiger partial charge in [0.15, 0.2) is 0 Å². The number of anilines is 2. The molecular weight excluding hydrogens is 367 g/mol. The van der Waals surface area contributed by atoms with Crippen LogP contribution in [0, 0.1) is 0 Å². The van der Waals surface area contributed by atoms with Gasteiger partial charge < -0.3 is 11.1 Å². The van der Waals surface area contributed by atoms with Crippen molar-refractivity contribution in [2.24, 2.45) is 5.73 Å². The Morgan fingerprint density at radius 3 is 2.53 bits per heavy atom. The molecule has 0 radical (unpaired) electrons. The average Bonchev–Trinajstić information content (AvgIpc) is 2.36. The second-order valence-electron chi connectivity index (χ2n) is 3.81. The van der Waals surface area contributed by atoms with Crippen molar-refractivity contribution in [3.63, 3.8) is 0 Å². The maximum absolute atomic E-state index is 6.05. The predicted molar refractivity (Wildman–Crippen MR) is 89.8 cm³/mol. The molecule has 2 rings (SSSR count). The SMILES string of the molecule is NC(=S)c1cc(Cl)ccc1Nc1ccc(Br)c(Cl)c1. The summed E-state index contributed by atoms with van der Waals surface area (Å²) in [7, 11) is 0. The van der Waals surface area contributed by atoms with E-state index in [1.54, 1.807) is 12.1 Å². The standard InChI is InChI=1S/C13H9BrCl2N2S/c14-10-3-2-8(6-11(10)16)18-12-4-1-7(15)5-9(12)13(17)19/h1-6,18H,(H2,17,19). The van der Waals surface area contributed by atoms with E-state index >= 15 is 0 Å². The number of rotatable bonds is 3. The highest BCUT2D eigenvalue weighted by Gasteiger charge is 2.07. The highest BCUT2D eigenvalue weighted by Crippen LogP contribution is 2.29. The van der Waals surface area contributed by atoms with Gasteiger partial charge in [-0.05, 0) is 52.3 Å². The second-order valence-corrected chi connectivity index (χ2v) is 5.95. The van der Waals surface area contributed by atoms with Crippen LogP contribution >= 0.6 is 51.3 Å². The molecule has 0 aliphatic carbocycles. The van der Waals surface area contributed by atoms with E-state index < -0.39 is 0 Å². The van der Waals surface area contributed by atoms with Gasteiger partial charge in [-0.2, -0.15) is 0 Å². The van der Waals surface area contributed by atoms with E-state index in [0.717, 1.165) is 15.8 Å². The van der Waals surface area contributed by atoms with Gasteiger partial charge in [0.1, 0.15) is 4.99 Å². The summed E-state index contributed by atoms with van der Waals surface area (Å²) in [6.45, 7) is 0. The molecule has 0 heterocycles. The van der Waals surface area contributed by atoms with Gasteiger partial charge in [0, 0.05) is 26.4 Å². The van der Waals surface area contributed by atoms with Crippen molar-refractivity contribution in [1.82, 2.24) is 0 Å². The van der Waals surface area contributed by atoms with E-state index in [-0.39, 0.29) is 4.99 Å². The Balaban J connectivity index is 2.37. The molecule has 0 saturated heterocycles. The molecule has 0 atom stereocenters. The fourth-order valence-electron chi connectivity index (χ4n) is 1.56. The third kappa shape index (κ3) is 3.60. The molecule has 2 aromatic carbocycles. The molecule has 0 aliphatic heterocycles. The van der Waals surface area contributed by atoms with Crippen LogP contribution in [0.15, 0.2) is 40.9 Å². The molecule has 0 fully saturated rings. The van der Waals surface area contributed by atoms with Crippen molar-refractivity contribution < 1.29 is 0 Å². The molecule has 6 heteroatoms. The third-order valence-electron chi connectivity index (χ3n) is 2.45. The summed E-state index contributed by atoms with van der Waals surface area (Å²) in [6.07, 6.45) is 0. The van der Waals surface area contributed by atoms with Crippen molar-refractivity contribution in [2.75, 3.05) is 5.32 Å². The monoisotopic (exact) mass is 374 g/mol. The van der Waals surface area contributed by atoms with Crippen LogP contribution < -0.4 is 11.1 Å². The Kier molecular flexibility index (Phi) is 4.68. The minimum absolute atomic E-state index is 0.285. The lowest BCUT2D eigenvalue weighted by atomic mass is 10.1. The van der Waals surface area contributed by atoms with E-state index in [1.165, 1.54) is 0 Å². The van der Waals surface area contributed by atoms with E-state index in [1.807, 2.05) is 24.3 Å². The molecule has 0 bridgehead atoms. The molecule has 0 unspecified atom stereocenters. The highest BCUT2D eigenvalue weighted by atomic mass is 79.9. The molecule has 0 aromatic heterocycles. The smallest absolute Gasteiger partial charge is 0.106 e. The van der Waals surface area contributed by atoms with Gasteiger partial charge >= 0.3 is 0 Å². The number of nitrogens with one attached hydrogen (secondary N) is 1. The van der Waals surface area contributed by atoms with Gasteiger partial charge in [-0.3, -0.25) is 0 Å². The van der Waals surface area contributed by atoms with Crippen molar-refractivity contribution in [1.29, 1.82) is 0 Å². The summed E-state index contributed by atoms with van der Waals surface area (Å²) < 4.78 is 0.838. The molecule has 0 saturated carbocycles. The Morgan fingerprint density at radius 2 is 1.89 bits per heavy atom. The summed E-state index contributed by atoms with van der Waals surface area (Å²) in [4.78, 5) is 0.285. The summed E-state index contributed by atoms with van der Waals surface area (Å²) in [5, 5.41) is 4.42. The Morgan fingerprint density at radius 1 is 1.16 bits per heavy atom. The highest BCUT2D eigenvalue weighted by molar-refractivity contribution is 9.10. The van der Waals surface area contributed by atoms with Crippen LogP contribution in [0.25, 0.3) is 0 Å². The van der Waals surface area contributed by atoms with Crippen molar-refractivity contribution in [2.45, 2.75) is 0 Å². The lowest BCUT2D eigenvalue weighted by molar-refractivity contribution is 1.51. The second kappa shape index (κ2) is 6.09. The number of thiocarbonyl (C=S) groups is 1. The molecule has 0 spiro atoms. The fourth-order valence-corrected chi connectivity index (χ4v) is 2.33. The zero-order valence-electron chi connectivity index (χ0n) is 9.58. The summed E-state index contributed by atoms with van der Waals surface area (Å²) in [5.74, 6) is 0. The van der Waals surface area contributed by atoms with Crippen LogP contribution in [-0.4, -0.2) is 4.99 Å². The first-order valence-electron chi connectivity index (χ1n) is 5.29. The van der Waals surface area contributed by atoms with Gasteiger partial charge in [0.25, 0.3) is 0 Å². The zero-order chi connectivity index (χ0) is 14.0. The number of halogens is 3. The largest absolute Gasteiger partial charge is 0.389 e. The Hall–Kier alpha value is -0.810. The predicted octanol–water partition coefficient (Wildman–Crippen LogP) is 5.13. The summed E-state index contributed by atoms with van der Waals surface area (Å²) >= 11 is 20.4. The molecule has 3 N–H and O–H groups in total. The molecule has 2 nitrogen and oxygen atoms in total. The van der Waals surface area contributed by atoms with Gasteiger partial charge in [0.2, 0.25) is 0 Å². The minimum atomic E-state index is 0.285. The first-order valence-corrected chi connectivity index (χ1v) is 7.24. The first-order chi connectivity index (χ1) is 8.97. The van der Waals surface area contributed by atoms with Crippen molar-refractivity contribution in [3.8, 4) is 0 Å². The molecule has 19 heavy (non-hydrogen) atoms. The Bertz CT molecular complexity index is 647. The fraction of sp³-hybridized carbons (Fsp3) is 0. The molecule has 98 valence electrons. The average molecular weight is 376 g/mol.